The Labute approximate surface area is 120 Å². The lowest BCUT2D eigenvalue weighted by Crippen LogP contribution is -2.06. The van der Waals surface area contributed by atoms with Gasteiger partial charge in [0.15, 0.2) is 0 Å². The maximum absolute atomic E-state index is 5.89. The lowest BCUT2D eigenvalue weighted by Gasteiger charge is -2.12. The van der Waals surface area contributed by atoms with Gasteiger partial charge in [0.05, 0.1) is 17.8 Å². The molecule has 1 heterocycles. The minimum atomic E-state index is 0.728. The second kappa shape index (κ2) is 6.54. The minimum absolute atomic E-state index is 0.728. The van der Waals surface area contributed by atoms with E-state index in [1.165, 1.54) is 0 Å². The van der Waals surface area contributed by atoms with Gasteiger partial charge in [0.25, 0.3) is 0 Å². The molecule has 5 heteroatoms. The van der Waals surface area contributed by atoms with Crippen LogP contribution in [0.4, 0.5) is 0 Å². The number of rotatable bonds is 5. The topological polar surface area (TPSA) is 43.4 Å². The molecule has 4 nitrogen and oxygen atoms in total. The molecular weight excluding hydrogens is 308 g/mol. The summed E-state index contributed by atoms with van der Waals surface area (Å²) in [5.41, 5.74) is 1.06. The van der Waals surface area contributed by atoms with Crippen molar-refractivity contribution in [3.8, 4) is 17.2 Å². The Hall–Kier alpha value is -1.59. The molecule has 1 aromatic heterocycles. The fraction of sp³-hybridized carbons (Fsp3) is 0.214. The van der Waals surface area contributed by atoms with Crippen molar-refractivity contribution >= 4 is 15.9 Å². The molecule has 0 aliphatic rings. The van der Waals surface area contributed by atoms with Gasteiger partial charge in [-0.25, -0.2) is 0 Å². The smallest absolute Gasteiger partial charge is 0.150 e. The molecule has 2 rings (SSSR count). The monoisotopic (exact) mass is 322 g/mol. The lowest BCUT2D eigenvalue weighted by atomic mass is 10.2. The Kier molecular flexibility index (Phi) is 4.76. The molecule has 1 N–H and O–H groups in total. The first-order valence-electron chi connectivity index (χ1n) is 5.83. The molecule has 0 bridgehead atoms. The molecule has 100 valence electrons. The average molecular weight is 323 g/mol. The highest BCUT2D eigenvalue weighted by molar-refractivity contribution is 9.10. The summed E-state index contributed by atoms with van der Waals surface area (Å²) >= 11 is 3.47. The fourth-order valence-corrected chi connectivity index (χ4v) is 2.09. The Morgan fingerprint density at radius 3 is 2.79 bits per heavy atom. The predicted molar refractivity (Wildman–Crippen MR) is 77.8 cm³/mol. The third-order valence-electron chi connectivity index (χ3n) is 2.60. The molecular formula is C14H15BrN2O2. The van der Waals surface area contributed by atoms with Crippen LogP contribution in [-0.4, -0.2) is 19.1 Å². The second-order valence-corrected chi connectivity index (χ2v) is 4.77. The van der Waals surface area contributed by atoms with Crippen molar-refractivity contribution in [1.82, 2.24) is 10.3 Å². The Balaban J connectivity index is 2.26. The van der Waals surface area contributed by atoms with Crippen LogP contribution in [-0.2, 0) is 6.54 Å². The Morgan fingerprint density at radius 1 is 1.26 bits per heavy atom. The number of halogens is 1. The van der Waals surface area contributed by atoms with Crippen LogP contribution in [0.15, 0.2) is 41.1 Å². The summed E-state index contributed by atoms with van der Waals surface area (Å²) in [6.45, 7) is 0.728. The van der Waals surface area contributed by atoms with E-state index in [-0.39, 0.29) is 0 Å². The molecule has 0 radical (unpaired) electrons. The predicted octanol–water partition coefficient (Wildman–Crippen LogP) is 3.36. The van der Waals surface area contributed by atoms with Crippen molar-refractivity contribution in [3.63, 3.8) is 0 Å². The van der Waals surface area contributed by atoms with E-state index < -0.39 is 0 Å². The largest absolute Gasteiger partial charge is 0.497 e. The summed E-state index contributed by atoms with van der Waals surface area (Å²) in [4.78, 5) is 4.09. The SMILES string of the molecule is CNCc1ccncc1Oc1ccc(OC)cc1Br. The van der Waals surface area contributed by atoms with Gasteiger partial charge in [-0.2, -0.15) is 0 Å². The molecule has 0 atom stereocenters. The molecule has 0 aliphatic carbocycles. The second-order valence-electron chi connectivity index (χ2n) is 3.91. The number of hydrogen-bond acceptors (Lipinski definition) is 4. The third kappa shape index (κ3) is 3.45. The number of nitrogens with zero attached hydrogens (tertiary/aromatic N) is 1. The van der Waals surface area contributed by atoms with E-state index in [1.807, 2.05) is 31.3 Å². The van der Waals surface area contributed by atoms with Gasteiger partial charge in [0.2, 0.25) is 0 Å². The van der Waals surface area contributed by atoms with Gasteiger partial charge in [-0.1, -0.05) is 0 Å². The van der Waals surface area contributed by atoms with Crippen molar-refractivity contribution in [2.45, 2.75) is 6.54 Å². The van der Waals surface area contributed by atoms with Gasteiger partial charge in [0, 0.05) is 18.3 Å². The molecule has 2 aromatic rings. The third-order valence-corrected chi connectivity index (χ3v) is 3.22. The van der Waals surface area contributed by atoms with E-state index in [0.29, 0.717) is 0 Å². The molecule has 0 saturated heterocycles. The zero-order chi connectivity index (χ0) is 13.7. The molecule has 19 heavy (non-hydrogen) atoms. The van der Waals surface area contributed by atoms with Crippen LogP contribution in [0.2, 0.25) is 0 Å². The van der Waals surface area contributed by atoms with Crippen LogP contribution in [0, 0.1) is 0 Å². The van der Waals surface area contributed by atoms with Gasteiger partial charge >= 0.3 is 0 Å². The first-order valence-corrected chi connectivity index (χ1v) is 6.62. The van der Waals surface area contributed by atoms with Crippen LogP contribution in [0.1, 0.15) is 5.56 Å². The zero-order valence-electron chi connectivity index (χ0n) is 10.8. The summed E-state index contributed by atoms with van der Waals surface area (Å²) in [7, 11) is 3.53. The first-order chi connectivity index (χ1) is 9.24. The normalized spacial score (nSPS) is 10.3. The van der Waals surface area contributed by atoms with Crippen LogP contribution in [0.5, 0.6) is 17.2 Å². The highest BCUT2D eigenvalue weighted by atomic mass is 79.9. The Bertz CT molecular complexity index is 561. The molecule has 0 unspecified atom stereocenters. The van der Waals surface area contributed by atoms with E-state index in [4.69, 9.17) is 9.47 Å². The van der Waals surface area contributed by atoms with Crippen LogP contribution in [0.25, 0.3) is 0 Å². The molecule has 0 fully saturated rings. The summed E-state index contributed by atoms with van der Waals surface area (Å²) in [6, 6.07) is 7.51. The number of benzene rings is 1. The molecule has 0 amide bonds. The molecule has 0 saturated carbocycles. The summed E-state index contributed by atoms with van der Waals surface area (Å²) in [6.07, 6.45) is 3.46. The maximum atomic E-state index is 5.89. The summed E-state index contributed by atoms with van der Waals surface area (Å²) in [5.74, 6) is 2.25. The number of aromatic nitrogens is 1. The summed E-state index contributed by atoms with van der Waals surface area (Å²) < 4.78 is 11.9. The minimum Gasteiger partial charge on any atom is -0.497 e. The van der Waals surface area contributed by atoms with Crippen LogP contribution < -0.4 is 14.8 Å². The van der Waals surface area contributed by atoms with E-state index in [0.717, 1.165) is 33.8 Å². The summed E-state index contributed by atoms with van der Waals surface area (Å²) in [5, 5.41) is 3.10. The number of methoxy groups -OCH3 is 1. The number of hydrogen-bond donors (Lipinski definition) is 1. The van der Waals surface area contributed by atoms with Gasteiger partial charge in [-0.3, -0.25) is 4.98 Å². The van der Waals surface area contributed by atoms with Crippen molar-refractivity contribution < 1.29 is 9.47 Å². The van der Waals surface area contributed by atoms with Gasteiger partial charge < -0.3 is 14.8 Å². The van der Waals surface area contributed by atoms with Crippen LogP contribution in [0.3, 0.4) is 0 Å². The van der Waals surface area contributed by atoms with Gasteiger partial charge in [-0.15, -0.1) is 0 Å². The average Bonchev–Trinajstić information content (AvgIpc) is 2.43. The van der Waals surface area contributed by atoms with E-state index >= 15 is 0 Å². The Morgan fingerprint density at radius 2 is 2.11 bits per heavy atom. The quantitative estimate of drug-likeness (QED) is 0.916. The standard InChI is InChI=1S/C14H15BrN2O2/c1-16-8-10-5-6-17-9-14(10)19-13-4-3-11(18-2)7-12(13)15/h3-7,9,16H,8H2,1-2H3. The lowest BCUT2D eigenvalue weighted by molar-refractivity contribution is 0.412. The van der Waals surface area contributed by atoms with Crippen molar-refractivity contribution in [3.05, 3.63) is 46.7 Å². The van der Waals surface area contributed by atoms with E-state index in [9.17, 15) is 0 Å². The van der Waals surface area contributed by atoms with Crippen molar-refractivity contribution in [2.75, 3.05) is 14.2 Å². The van der Waals surface area contributed by atoms with Crippen LogP contribution >= 0.6 is 15.9 Å². The highest BCUT2D eigenvalue weighted by Crippen LogP contribution is 2.33. The highest BCUT2D eigenvalue weighted by Gasteiger charge is 2.08. The van der Waals surface area contributed by atoms with Gasteiger partial charge in [-0.05, 0) is 47.2 Å². The van der Waals surface area contributed by atoms with E-state index in [2.05, 4.69) is 26.2 Å². The van der Waals surface area contributed by atoms with Crippen molar-refractivity contribution in [1.29, 1.82) is 0 Å². The first kappa shape index (κ1) is 13.8. The van der Waals surface area contributed by atoms with Crippen molar-refractivity contribution in [2.24, 2.45) is 0 Å². The molecule has 0 aliphatic heterocycles. The fourth-order valence-electron chi connectivity index (χ4n) is 1.65. The zero-order valence-corrected chi connectivity index (χ0v) is 12.4. The number of pyridine rings is 1. The number of ether oxygens (including phenoxy) is 2. The number of nitrogens with one attached hydrogen (secondary N) is 1. The maximum Gasteiger partial charge on any atom is 0.150 e. The molecule has 1 aromatic carbocycles. The van der Waals surface area contributed by atoms with Gasteiger partial charge in [0.1, 0.15) is 17.2 Å². The van der Waals surface area contributed by atoms with E-state index in [1.54, 1.807) is 19.5 Å². The molecule has 0 spiro atoms.